The van der Waals surface area contributed by atoms with Crippen molar-refractivity contribution in [2.24, 2.45) is 5.73 Å². The van der Waals surface area contributed by atoms with Gasteiger partial charge < -0.3 is 10.6 Å². The number of hydrogen-bond donors (Lipinski definition) is 2. The summed E-state index contributed by atoms with van der Waals surface area (Å²) in [6.07, 6.45) is 12.1. The molecule has 0 aliphatic heterocycles. The number of hydrogen-bond acceptors (Lipinski definition) is 7. The minimum Gasteiger partial charge on any atom is -0.349 e. The van der Waals surface area contributed by atoms with Gasteiger partial charge in [-0.2, -0.15) is 5.10 Å². The topological polar surface area (TPSA) is 96.6 Å². The summed E-state index contributed by atoms with van der Waals surface area (Å²) in [6.45, 7) is 0. The summed E-state index contributed by atoms with van der Waals surface area (Å²) in [7, 11) is 0. The maximum atomic E-state index is 6.38. The van der Waals surface area contributed by atoms with E-state index in [1.54, 1.807) is 11.3 Å². The lowest BCUT2D eigenvalue weighted by Gasteiger charge is -2.33. The van der Waals surface area contributed by atoms with Gasteiger partial charge in [-0.15, -0.1) is 21.5 Å². The number of anilines is 1. The third kappa shape index (κ3) is 3.67. The first-order chi connectivity index (χ1) is 15.8. The summed E-state index contributed by atoms with van der Waals surface area (Å²) in [4.78, 5) is 7.14. The summed E-state index contributed by atoms with van der Waals surface area (Å²) >= 11 is 1.64. The van der Waals surface area contributed by atoms with Crippen molar-refractivity contribution in [3.8, 4) is 22.4 Å². The molecule has 2 aliphatic rings. The molecule has 3 heterocycles. The largest absolute Gasteiger partial charge is 0.349 e. The van der Waals surface area contributed by atoms with Crippen LogP contribution in [0.25, 0.3) is 32.6 Å². The van der Waals surface area contributed by atoms with Crippen LogP contribution >= 0.6 is 11.3 Å². The van der Waals surface area contributed by atoms with Gasteiger partial charge >= 0.3 is 0 Å². The molecule has 2 fully saturated rings. The van der Waals surface area contributed by atoms with Gasteiger partial charge in [0.15, 0.2) is 5.82 Å². The van der Waals surface area contributed by atoms with Crippen molar-refractivity contribution < 1.29 is 0 Å². The minimum absolute atomic E-state index is 0.296. The summed E-state index contributed by atoms with van der Waals surface area (Å²) in [5, 5.41) is 16.4. The number of benzene rings is 1. The molecule has 0 amide bonds. The molecule has 0 saturated heterocycles. The maximum absolute atomic E-state index is 6.38. The molecule has 164 valence electrons. The van der Waals surface area contributed by atoms with E-state index in [2.05, 4.69) is 49.4 Å². The molecule has 0 spiro atoms. The molecule has 0 radical (unpaired) electrons. The zero-order valence-corrected chi connectivity index (χ0v) is 18.8. The Morgan fingerprint density at radius 2 is 1.84 bits per heavy atom. The standard InChI is InChI=1S/C24H27N7S/c25-16-3-1-2-4-18(11-16)31(17-5-6-17)22-10-9-21(29-30-22)20-8-7-19(15-12-27-28-13-15)23-24(20)32-14-26-23/h7-10,12-14,16-18H,1-6,11,25H2,(H,27,28)/t16-,18?/m1/s1. The highest BCUT2D eigenvalue weighted by Crippen LogP contribution is 2.38. The van der Waals surface area contributed by atoms with Crippen molar-refractivity contribution in [1.29, 1.82) is 0 Å². The summed E-state index contributed by atoms with van der Waals surface area (Å²) in [5.74, 6) is 0.992. The highest BCUT2D eigenvalue weighted by molar-refractivity contribution is 7.17. The lowest BCUT2D eigenvalue weighted by Crippen LogP contribution is -2.41. The van der Waals surface area contributed by atoms with Crippen LogP contribution in [0.2, 0.25) is 0 Å². The second kappa shape index (κ2) is 8.26. The third-order valence-corrected chi connectivity index (χ3v) is 7.61. The number of aromatic nitrogens is 5. The van der Waals surface area contributed by atoms with Gasteiger partial charge in [0.25, 0.3) is 0 Å². The molecule has 2 saturated carbocycles. The highest BCUT2D eigenvalue weighted by Gasteiger charge is 2.36. The van der Waals surface area contributed by atoms with E-state index in [1.807, 2.05) is 17.9 Å². The van der Waals surface area contributed by atoms with Crippen molar-refractivity contribution in [3.63, 3.8) is 0 Å². The van der Waals surface area contributed by atoms with Crippen molar-refractivity contribution in [2.75, 3.05) is 4.90 Å². The Balaban J connectivity index is 1.33. The second-order valence-electron chi connectivity index (χ2n) is 9.03. The predicted octanol–water partition coefficient (Wildman–Crippen LogP) is 4.77. The van der Waals surface area contributed by atoms with Gasteiger partial charge in [0.1, 0.15) is 0 Å². The van der Waals surface area contributed by atoms with Crippen LogP contribution in [-0.4, -0.2) is 43.5 Å². The number of nitrogens with two attached hydrogens (primary N) is 1. The Bertz CT molecular complexity index is 1200. The molecule has 4 aromatic rings. The number of H-pyrrole nitrogens is 1. The van der Waals surface area contributed by atoms with Crippen LogP contribution in [0.4, 0.5) is 5.82 Å². The van der Waals surface area contributed by atoms with E-state index in [4.69, 9.17) is 10.8 Å². The van der Waals surface area contributed by atoms with Crippen LogP contribution in [0.5, 0.6) is 0 Å². The fraction of sp³-hybridized carbons (Fsp3) is 0.417. The molecule has 7 nitrogen and oxygen atoms in total. The Kier molecular flexibility index (Phi) is 5.11. The van der Waals surface area contributed by atoms with Crippen LogP contribution in [-0.2, 0) is 0 Å². The number of fused-ring (bicyclic) bond motifs is 1. The fourth-order valence-corrected chi connectivity index (χ4v) is 5.88. The maximum Gasteiger partial charge on any atom is 0.151 e. The van der Waals surface area contributed by atoms with Crippen molar-refractivity contribution in [2.45, 2.75) is 63.1 Å². The average Bonchev–Trinajstić information content (AvgIpc) is 3.33. The summed E-state index contributed by atoms with van der Waals surface area (Å²) in [6, 6.07) is 9.84. The van der Waals surface area contributed by atoms with Crippen LogP contribution in [0.15, 0.2) is 42.2 Å². The number of aromatic amines is 1. The number of thiazole rings is 1. The van der Waals surface area contributed by atoms with Gasteiger partial charge in [-0.3, -0.25) is 5.10 Å². The Hall–Kier alpha value is -2.84. The minimum atomic E-state index is 0.296. The van der Waals surface area contributed by atoms with E-state index in [0.717, 1.165) is 51.3 Å². The van der Waals surface area contributed by atoms with Gasteiger partial charge in [0.05, 0.1) is 27.6 Å². The molecule has 3 aromatic heterocycles. The number of rotatable bonds is 5. The summed E-state index contributed by atoms with van der Waals surface area (Å²) in [5.41, 5.74) is 13.3. The first-order valence-electron chi connectivity index (χ1n) is 11.5. The van der Waals surface area contributed by atoms with E-state index < -0.39 is 0 Å². The Morgan fingerprint density at radius 1 is 0.969 bits per heavy atom. The molecule has 2 atom stereocenters. The van der Waals surface area contributed by atoms with Crippen molar-refractivity contribution in [1.82, 2.24) is 25.4 Å². The lowest BCUT2D eigenvalue weighted by atomic mass is 10.0. The van der Waals surface area contributed by atoms with Gasteiger partial charge in [-0.25, -0.2) is 4.98 Å². The quantitative estimate of drug-likeness (QED) is 0.430. The number of nitrogens with one attached hydrogen (secondary N) is 1. The van der Waals surface area contributed by atoms with Gasteiger partial charge in [0.2, 0.25) is 0 Å². The normalized spacial score (nSPS) is 21.5. The molecule has 6 rings (SSSR count). The zero-order chi connectivity index (χ0) is 21.5. The third-order valence-electron chi connectivity index (χ3n) is 6.75. The fourth-order valence-electron chi connectivity index (χ4n) is 5.04. The molecule has 3 N–H and O–H groups in total. The molecular formula is C24H27N7S. The van der Waals surface area contributed by atoms with Gasteiger partial charge in [-0.05, 0) is 44.2 Å². The molecule has 32 heavy (non-hydrogen) atoms. The van der Waals surface area contributed by atoms with Crippen LogP contribution in [0.1, 0.15) is 44.9 Å². The molecule has 8 heteroatoms. The van der Waals surface area contributed by atoms with Crippen molar-refractivity contribution >= 4 is 27.4 Å². The predicted molar refractivity (Wildman–Crippen MR) is 129 cm³/mol. The van der Waals surface area contributed by atoms with E-state index in [1.165, 1.54) is 32.1 Å². The lowest BCUT2D eigenvalue weighted by molar-refractivity contribution is 0.485. The van der Waals surface area contributed by atoms with Crippen LogP contribution < -0.4 is 10.6 Å². The highest BCUT2D eigenvalue weighted by atomic mass is 32.1. The summed E-state index contributed by atoms with van der Waals surface area (Å²) < 4.78 is 1.12. The first-order valence-corrected chi connectivity index (χ1v) is 12.4. The van der Waals surface area contributed by atoms with E-state index in [-0.39, 0.29) is 0 Å². The van der Waals surface area contributed by atoms with E-state index in [0.29, 0.717) is 18.1 Å². The van der Waals surface area contributed by atoms with Crippen LogP contribution in [0.3, 0.4) is 0 Å². The first kappa shape index (κ1) is 19.8. The van der Waals surface area contributed by atoms with Gasteiger partial charge in [-0.1, -0.05) is 25.0 Å². The Labute approximate surface area is 191 Å². The smallest absolute Gasteiger partial charge is 0.151 e. The van der Waals surface area contributed by atoms with E-state index in [9.17, 15) is 0 Å². The van der Waals surface area contributed by atoms with Gasteiger partial charge in [0, 0.05) is 41.0 Å². The zero-order valence-electron chi connectivity index (χ0n) is 17.9. The molecule has 1 unspecified atom stereocenters. The molecular weight excluding hydrogens is 418 g/mol. The SMILES string of the molecule is N[C@@H]1CCCCC(N(c2ccc(-c3ccc(-c4cn[nH]c4)c4ncsc34)nn2)C2CC2)C1. The molecule has 2 aliphatic carbocycles. The average molecular weight is 446 g/mol. The van der Waals surface area contributed by atoms with Crippen molar-refractivity contribution in [3.05, 3.63) is 42.2 Å². The van der Waals surface area contributed by atoms with Crippen LogP contribution in [0, 0.1) is 0 Å². The Morgan fingerprint density at radius 3 is 2.62 bits per heavy atom. The monoisotopic (exact) mass is 445 g/mol. The van der Waals surface area contributed by atoms with E-state index >= 15 is 0 Å². The number of nitrogens with zero attached hydrogens (tertiary/aromatic N) is 5. The molecule has 1 aromatic carbocycles. The second-order valence-corrected chi connectivity index (χ2v) is 9.88. The molecule has 0 bridgehead atoms.